The summed E-state index contributed by atoms with van der Waals surface area (Å²) in [5, 5.41) is 20.5. The third-order valence-electron chi connectivity index (χ3n) is 1.38. The summed E-state index contributed by atoms with van der Waals surface area (Å²) in [5.41, 5.74) is -1.14. The van der Waals surface area contributed by atoms with Crippen molar-refractivity contribution >= 4 is 17.3 Å². The van der Waals surface area contributed by atoms with E-state index in [9.17, 15) is 18.7 Å². The van der Waals surface area contributed by atoms with Crippen LogP contribution >= 0.6 is 11.3 Å². The van der Waals surface area contributed by atoms with E-state index in [-0.39, 0.29) is 24.4 Å². The van der Waals surface area contributed by atoms with Gasteiger partial charge in [-0.3, -0.25) is 0 Å². The molecule has 0 amide bonds. The van der Waals surface area contributed by atoms with Crippen LogP contribution in [0.25, 0.3) is 0 Å². The largest absolute Gasteiger partial charge is 1.00 e. The van der Waals surface area contributed by atoms with Crippen LogP contribution in [0.3, 0.4) is 0 Å². The predicted molar refractivity (Wildman–Crippen MR) is 37.9 cm³/mol. The first-order valence-corrected chi connectivity index (χ1v) is 4.00. The van der Waals surface area contributed by atoms with E-state index in [2.05, 4.69) is 0 Å². The molecule has 0 N–H and O–H groups in total. The number of rotatable bonds is 2. The zero-order valence-electron chi connectivity index (χ0n) is 7.08. The molecule has 0 bridgehead atoms. The zero-order chi connectivity index (χ0) is 10.1. The number of hydrogen-bond donors (Lipinski definition) is 0. The van der Waals surface area contributed by atoms with Gasteiger partial charge < -0.3 is 9.90 Å². The molecule has 3 nitrogen and oxygen atoms in total. The van der Waals surface area contributed by atoms with Crippen molar-refractivity contribution in [2.45, 2.75) is 5.92 Å². The van der Waals surface area contributed by atoms with E-state index in [1.165, 1.54) is 6.07 Å². The molecule has 0 saturated carbocycles. The summed E-state index contributed by atoms with van der Waals surface area (Å²) in [4.78, 5) is 10.0. The molecule has 1 aromatic rings. The molecule has 0 aliphatic heterocycles. The fraction of sp³-hybridized carbons (Fsp3) is 0.143. The Kier molecular flexibility index (Phi) is 4.28. The quantitative estimate of drug-likeness (QED) is 0.504. The molecule has 0 fully saturated rings. The van der Waals surface area contributed by atoms with Crippen LogP contribution in [-0.2, 0) is 10.7 Å². The Morgan fingerprint density at radius 3 is 2.57 bits per heavy atom. The van der Waals surface area contributed by atoms with Gasteiger partial charge in [-0.1, -0.05) is 0 Å². The van der Waals surface area contributed by atoms with E-state index in [1.54, 1.807) is 0 Å². The van der Waals surface area contributed by atoms with Crippen molar-refractivity contribution in [3.63, 3.8) is 0 Å². The number of alkyl halides is 2. The van der Waals surface area contributed by atoms with Crippen LogP contribution < -0.4 is 24.0 Å². The average molecular weight is 209 g/mol. The van der Waals surface area contributed by atoms with Crippen LogP contribution in [0.15, 0.2) is 10.8 Å². The van der Waals surface area contributed by atoms with Crippen molar-refractivity contribution in [2.75, 3.05) is 0 Å². The first-order valence-electron chi connectivity index (χ1n) is 3.06. The van der Waals surface area contributed by atoms with E-state index >= 15 is 0 Å². The van der Waals surface area contributed by atoms with Crippen molar-refractivity contribution < 1.29 is 37.5 Å². The zero-order valence-corrected chi connectivity index (χ0v) is 7.90. The van der Waals surface area contributed by atoms with Gasteiger partial charge in [0.15, 0.2) is 0 Å². The van der Waals surface area contributed by atoms with Crippen molar-refractivity contribution in [1.29, 1.82) is 5.26 Å². The maximum atomic E-state index is 12.8. The summed E-state index contributed by atoms with van der Waals surface area (Å²) in [5.74, 6) is -6.59. The molecule has 0 spiro atoms. The van der Waals surface area contributed by atoms with Crippen LogP contribution in [0.5, 0.6) is 0 Å². The van der Waals surface area contributed by atoms with Gasteiger partial charge in [-0.2, -0.15) is 25.4 Å². The Morgan fingerprint density at radius 2 is 2.14 bits per heavy atom. The second-order valence-electron chi connectivity index (χ2n) is 2.17. The standard InChI is InChI=1S/C7H3F2NO2S.Li/c8-7(9,6(11)12)5-3-13-2-4(5)1-10;/h2-3H,(H,11,12);/q;+1/p-1. The molecule has 0 saturated heterocycles. The van der Waals surface area contributed by atoms with Gasteiger partial charge in [-0.25, -0.2) is 0 Å². The normalized spacial score (nSPS) is 10.1. The molecular formula is C7H2F2LiNO2S. The second-order valence-corrected chi connectivity index (χ2v) is 2.92. The minimum absolute atomic E-state index is 0. The number of thiophene rings is 1. The molecule has 14 heavy (non-hydrogen) atoms. The number of nitrogens with zero attached hydrogens (tertiary/aromatic N) is 1. The summed E-state index contributed by atoms with van der Waals surface area (Å²) in [6.45, 7) is 0. The van der Waals surface area contributed by atoms with Gasteiger partial charge in [0.05, 0.1) is 11.1 Å². The van der Waals surface area contributed by atoms with Gasteiger partial charge in [0.2, 0.25) is 0 Å². The van der Waals surface area contributed by atoms with Gasteiger partial charge in [0.25, 0.3) is 0 Å². The predicted octanol–water partition coefficient (Wildman–Crippen LogP) is -2.53. The van der Waals surface area contributed by atoms with Gasteiger partial charge in [0, 0.05) is 10.8 Å². The SMILES string of the molecule is N#Cc1cscc1C(F)(F)C(=O)[O-].[Li+]. The number of carbonyl (C=O) groups is 1. The van der Waals surface area contributed by atoms with Crippen LogP contribution in [0.2, 0.25) is 0 Å². The van der Waals surface area contributed by atoms with Gasteiger partial charge in [-0.15, -0.1) is 0 Å². The van der Waals surface area contributed by atoms with Crippen LogP contribution in [-0.4, -0.2) is 5.97 Å². The Hall–Kier alpha value is -0.883. The summed E-state index contributed by atoms with van der Waals surface area (Å²) in [6, 6.07) is 1.48. The summed E-state index contributed by atoms with van der Waals surface area (Å²) in [6.07, 6.45) is 0. The number of carbonyl (C=O) groups excluding carboxylic acids is 1. The van der Waals surface area contributed by atoms with E-state index in [4.69, 9.17) is 5.26 Å². The van der Waals surface area contributed by atoms with Crippen molar-refractivity contribution in [3.8, 4) is 6.07 Å². The molecule has 1 rings (SSSR count). The molecule has 0 atom stereocenters. The number of carboxylic acid groups (broad SMARTS) is 1. The fourth-order valence-corrected chi connectivity index (χ4v) is 1.53. The van der Waals surface area contributed by atoms with Gasteiger partial charge in [-0.05, 0) is 0 Å². The Labute approximate surface area is 94.1 Å². The first kappa shape index (κ1) is 13.1. The Bertz CT molecular complexity index is 385. The van der Waals surface area contributed by atoms with Crippen LogP contribution in [0.4, 0.5) is 8.78 Å². The number of nitriles is 1. The third-order valence-corrected chi connectivity index (χ3v) is 2.12. The van der Waals surface area contributed by atoms with Gasteiger partial charge in [0.1, 0.15) is 12.0 Å². The van der Waals surface area contributed by atoms with Crippen molar-refractivity contribution in [1.82, 2.24) is 0 Å². The third kappa shape index (κ3) is 2.13. The molecule has 1 aromatic heterocycles. The van der Waals surface area contributed by atoms with Crippen molar-refractivity contribution in [3.05, 3.63) is 21.9 Å². The summed E-state index contributed by atoms with van der Waals surface area (Å²) in [7, 11) is 0. The number of aliphatic carboxylic acids is 1. The second kappa shape index (κ2) is 4.56. The first-order chi connectivity index (χ1) is 6.00. The van der Waals surface area contributed by atoms with E-state index in [0.29, 0.717) is 0 Å². The molecule has 68 valence electrons. The average Bonchev–Trinajstić information content (AvgIpc) is 2.51. The molecule has 0 aliphatic rings. The van der Waals surface area contributed by atoms with E-state index in [1.807, 2.05) is 0 Å². The minimum Gasteiger partial charge on any atom is -0.544 e. The van der Waals surface area contributed by atoms with Gasteiger partial charge >= 0.3 is 24.8 Å². The molecular weight excluding hydrogens is 207 g/mol. The van der Waals surface area contributed by atoms with Crippen molar-refractivity contribution in [2.24, 2.45) is 0 Å². The molecule has 7 heteroatoms. The topological polar surface area (TPSA) is 63.9 Å². The summed E-state index contributed by atoms with van der Waals surface area (Å²) >= 11 is 0.841. The smallest absolute Gasteiger partial charge is 0.544 e. The Morgan fingerprint density at radius 1 is 1.57 bits per heavy atom. The fourth-order valence-electron chi connectivity index (χ4n) is 0.737. The number of carboxylic acids is 1. The van der Waals surface area contributed by atoms with Crippen LogP contribution in [0.1, 0.15) is 11.1 Å². The maximum absolute atomic E-state index is 12.8. The molecule has 0 aliphatic carbocycles. The monoisotopic (exact) mass is 209 g/mol. The maximum Gasteiger partial charge on any atom is 1.00 e. The van der Waals surface area contributed by atoms with E-state index < -0.39 is 17.5 Å². The molecule has 0 unspecified atom stereocenters. The molecule has 0 aromatic carbocycles. The van der Waals surface area contributed by atoms with E-state index in [0.717, 1.165) is 22.1 Å². The molecule has 1 heterocycles. The number of halogens is 2. The summed E-state index contributed by atoms with van der Waals surface area (Å²) < 4.78 is 25.5. The van der Waals surface area contributed by atoms with Crippen LogP contribution in [0, 0.1) is 11.3 Å². The minimum atomic E-state index is -4.09. The number of hydrogen-bond acceptors (Lipinski definition) is 4. The molecule has 0 radical (unpaired) electrons. The Balaban J connectivity index is 0.00000169.